The number of hydrogen-bond donors (Lipinski definition) is 2. The zero-order valence-corrected chi connectivity index (χ0v) is 22.8. The number of hydrogen-bond acceptors (Lipinski definition) is 7. The van der Waals surface area contributed by atoms with Crippen molar-refractivity contribution in [3.8, 4) is 11.3 Å². The molecule has 0 spiro atoms. The van der Waals surface area contributed by atoms with Gasteiger partial charge in [0.1, 0.15) is 17.7 Å². The fourth-order valence-corrected chi connectivity index (χ4v) is 6.11. The largest absolute Gasteiger partial charge is 0.382 e. The molecule has 0 bridgehead atoms. The van der Waals surface area contributed by atoms with Crippen LogP contribution in [0.2, 0.25) is 0 Å². The molecular formula is C30H28F2N6O4. The van der Waals surface area contributed by atoms with E-state index in [-0.39, 0.29) is 47.4 Å². The lowest BCUT2D eigenvalue weighted by molar-refractivity contribution is -0.136. The van der Waals surface area contributed by atoms with Gasteiger partial charge in [-0.05, 0) is 69.2 Å². The summed E-state index contributed by atoms with van der Waals surface area (Å²) in [5.41, 5.74) is 3.05. The molecule has 7 rings (SSSR count). The molecule has 2 N–H and O–H groups in total. The predicted molar refractivity (Wildman–Crippen MR) is 145 cm³/mol. The average molecular weight is 575 g/mol. The van der Waals surface area contributed by atoms with Crippen LogP contribution in [-0.4, -0.2) is 55.9 Å². The average Bonchev–Trinajstić information content (AvgIpc) is 3.64. The van der Waals surface area contributed by atoms with E-state index in [1.807, 2.05) is 10.9 Å². The lowest BCUT2D eigenvalue weighted by atomic mass is 9.80. The molecule has 12 heteroatoms. The number of nitrogens with one attached hydrogen (secondary N) is 2. The number of imide groups is 2. The molecule has 3 fully saturated rings. The van der Waals surface area contributed by atoms with Gasteiger partial charge < -0.3 is 5.32 Å². The summed E-state index contributed by atoms with van der Waals surface area (Å²) in [4.78, 5) is 55.0. The number of benzene rings is 1. The van der Waals surface area contributed by atoms with Crippen molar-refractivity contribution < 1.29 is 28.0 Å². The van der Waals surface area contributed by atoms with Crippen molar-refractivity contribution in [1.29, 1.82) is 0 Å². The maximum absolute atomic E-state index is 15.0. The van der Waals surface area contributed by atoms with Crippen LogP contribution in [0.5, 0.6) is 0 Å². The first-order chi connectivity index (χ1) is 20.2. The summed E-state index contributed by atoms with van der Waals surface area (Å²) in [6.07, 6.45) is 5.84. The predicted octanol–water partition coefficient (Wildman–Crippen LogP) is 3.87. The third-order valence-electron chi connectivity index (χ3n) is 8.72. The Morgan fingerprint density at radius 2 is 1.71 bits per heavy atom. The highest BCUT2D eigenvalue weighted by Gasteiger charge is 2.45. The van der Waals surface area contributed by atoms with Crippen molar-refractivity contribution in [3.05, 3.63) is 64.6 Å². The first kappa shape index (κ1) is 26.4. The van der Waals surface area contributed by atoms with E-state index in [0.29, 0.717) is 18.2 Å². The van der Waals surface area contributed by atoms with E-state index in [0.717, 1.165) is 53.6 Å². The van der Waals surface area contributed by atoms with Gasteiger partial charge >= 0.3 is 0 Å². The van der Waals surface area contributed by atoms with Gasteiger partial charge in [-0.3, -0.25) is 34.1 Å². The number of pyridine rings is 1. The number of amides is 4. The second-order valence-electron chi connectivity index (χ2n) is 11.6. The summed E-state index contributed by atoms with van der Waals surface area (Å²) >= 11 is 0. The number of carbonyl (C=O) groups excluding carboxylic acids is 4. The monoisotopic (exact) mass is 574 g/mol. The van der Waals surface area contributed by atoms with E-state index in [1.54, 1.807) is 13.0 Å². The van der Waals surface area contributed by atoms with Gasteiger partial charge in [0.25, 0.3) is 11.8 Å². The molecule has 2 aliphatic heterocycles. The first-order valence-corrected chi connectivity index (χ1v) is 14.2. The Balaban J connectivity index is 1.01. The second kappa shape index (κ2) is 9.81. The highest BCUT2D eigenvalue weighted by molar-refractivity contribution is 6.23. The van der Waals surface area contributed by atoms with Gasteiger partial charge in [-0.25, -0.2) is 13.8 Å². The number of anilines is 1. The zero-order chi connectivity index (χ0) is 29.3. The van der Waals surface area contributed by atoms with Crippen molar-refractivity contribution in [2.75, 3.05) is 11.9 Å². The summed E-state index contributed by atoms with van der Waals surface area (Å²) in [5, 5.41) is 10.1. The Morgan fingerprint density at radius 1 is 0.976 bits per heavy atom. The molecule has 0 radical (unpaired) electrons. The van der Waals surface area contributed by atoms with Crippen molar-refractivity contribution in [3.63, 3.8) is 0 Å². The Hall–Kier alpha value is -4.48. The van der Waals surface area contributed by atoms with Crippen LogP contribution in [-0.2, 0) is 9.59 Å². The molecule has 4 aliphatic rings. The number of fused-ring (bicyclic) bond motifs is 1. The van der Waals surface area contributed by atoms with E-state index in [1.165, 1.54) is 12.1 Å². The summed E-state index contributed by atoms with van der Waals surface area (Å²) < 4.78 is 30.8. The molecule has 3 aromatic rings. The number of carbonyl (C=O) groups is 4. The molecule has 1 atom stereocenters. The number of halogens is 2. The summed E-state index contributed by atoms with van der Waals surface area (Å²) in [6, 6.07) is 4.56. The van der Waals surface area contributed by atoms with Crippen LogP contribution >= 0.6 is 0 Å². The number of piperidine rings is 1. The minimum atomic E-state index is -1.10. The molecular weight excluding hydrogens is 546 g/mol. The number of nitrogens with zero attached hydrogens (tertiary/aromatic N) is 4. The molecule has 1 aromatic carbocycles. The normalized spacial score (nSPS) is 23.6. The van der Waals surface area contributed by atoms with Crippen LogP contribution in [0.25, 0.3) is 11.3 Å². The van der Waals surface area contributed by atoms with Crippen LogP contribution in [0, 0.1) is 24.5 Å². The molecule has 4 amide bonds. The standard InChI is InChI=1S/C30H28F2N6O4/c1-14-21(31)4-5-23(34-14)20-13-37(36-27(20)16-2-3-16)17-8-15(9-17)12-33-24-11-19-18(10-22(24)32)29(41)38(30(19)42)25-6-7-26(39)35-28(25)40/h4-5,10-11,13,15-17,25,33H,2-3,6-9,12H2,1H3,(H,35,39,40). The fourth-order valence-electron chi connectivity index (χ4n) is 6.11. The van der Waals surface area contributed by atoms with E-state index < -0.39 is 35.5 Å². The molecule has 2 aromatic heterocycles. The lowest BCUT2D eigenvalue weighted by Gasteiger charge is -2.35. The topological polar surface area (TPSA) is 126 Å². The second-order valence-corrected chi connectivity index (χ2v) is 11.6. The third-order valence-corrected chi connectivity index (χ3v) is 8.72. The maximum Gasteiger partial charge on any atom is 0.262 e. The molecule has 2 aliphatic carbocycles. The van der Waals surface area contributed by atoms with Gasteiger partial charge in [0.05, 0.1) is 39.9 Å². The minimum absolute atomic E-state index is 0.0118. The molecule has 4 heterocycles. The summed E-state index contributed by atoms with van der Waals surface area (Å²) in [5.74, 6) is -2.95. The molecule has 216 valence electrons. The van der Waals surface area contributed by atoms with Crippen LogP contribution in [0.4, 0.5) is 14.5 Å². The summed E-state index contributed by atoms with van der Waals surface area (Å²) in [7, 11) is 0. The van der Waals surface area contributed by atoms with Gasteiger partial charge in [-0.15, -0.1) is 0 Å². The van der Waals surface area contributed by atoms with Crippen molar-refractivity contribution in [2.24, 2.45) is 5.92 Å². The molecule has 10 nitrogen and oxygen atoms in total. The number of aryl methyl sites for hydroxylation is 1. The Morgan fingerprint density at radius 3 is 2.40 bits per heavy atom. The Labute approximate surface area is 239 Å². The van der Waals surface area contributed by atoms with Crippen LogP contribution in [0.15, 0.2) is 30.5 Å². The van der Waals surface area contributed by atoms with Crippen LogP contribution in [0.1, 0.15) is 82.6 Å². The first-order valence-electron chi connectivity index (χ1n) is 14.2. The van der Waals surface area contributed by atoms with Gasteiger partial charge in [-0.2, -0.15) is 5.10 Å². The maximum atomic E-state index is 15.0. The third kappa shape index (κ3) is 4.45. The van der Waals surface area contributed by atoms with Gasteiger partial charge in [-0.1, -0.05) is 0 Å². The van der Waals surface area contributed by atoms with Crippen LogP contribution < -0.4 is 10.6 Å². The Bertz CT molecular complexity index is 1680. The van der Waals surface area contributed by atoms with Crippen molar-refractivity contribution in [1.82, 2.24) is 25.0 Å². The summed E-state index contributed by atoms with van der Waals surface area (Å²) in [6.45, 7) is 2.11. The molecule has 1 saturated heterocycles. The number of aromatic nitrogens is 3. The fraction of sp³-hybridized carbons (Fsp3) is 0.400. The minimum Gasteiger partial charge on any atom is -0.382 e. The van der Waals surface area contributed by atoms with Gasteiger partial charge in [0.2, 0.25) is 11.8 Å². The zero-order valence-electron chi connectivity index (χ0n) is 22.8. The van der Waals surface area contributed by atoms with E-state index >= 15 is 0 Å². The quantitative estimate of drug-likeness (QED) is 0.410. The van der Waals surface area contributed by atoms with Crippen molar-refractivity contribution >= 4 is 29.3 Å². The highest BCUT2D eigenvalue weighted by Crippen LogP contribution is 2.45. The molecule has 1 unspecified atom stereocenters. The van der Waals surface area contributed by atoms with Gasteiger partial charge in [0.15, 0.2) is 0 Å². The SMILES string of the molecule is Cc1nc(-c2cn(C3CC(CNc4cc5c(cc4F)C(=O)N(C4CCC(=O)NC4=O)C5=O)C3)nc2C2CC2)ccc1F. The van der Waals surface area contributed by atoms with E-state index in [2.05, 4.69) is 15.6 Å². The lowest BCUT2D eigenvalue weighted by Crippen LogP contribution is -2.54. The smallest absolute Gasteiger partial charge is 0.262 e. The molecule has 42 heavy (non-hydrogen) atoms. The van der Waals surface area contributed by atoms with Gasteiger partial charge in [0, 0.05) is 30.6 Å². The number of rotatable bonds is 7. The highest BCUT2D eigenvalue weighted by atomic mass is 19.1. The Kier molecular flexibility index (Phi) is 6.17. The van der Waals surface area contributed by atoms with E-state index in [4.69, 9.17) is 5.10 Å². The molecule has 2 saturated carbocycles. The van der Waals surface area contributed by atoms with Crippen LogP contribution in [0.3, 0.4) is 0 Å². The van der Waals surface area contributed by atoms with E-state index in [9.17, 15) is 28.0 Å². The van der Waals surface area contributed by atoms with Crippen molar-refractivity contribution in [2.45, 2.75) is 63.5 Å².